The molecule has 1 aromatic carbocycles. The molecule has 2 rings (SSSR count). The van der Waals surface area contributed by atoms with Crippen LogP contribution in [0.4, 0.5) is 5.69 Å². The molecule has 19 heavy (non-hydrogen) atoms. The molecule has 0 atom stereocenters. The Morgan fingerprint density at radius 3 is 2.79 bits per heavy atom. The van der Waals surface area contributed by atoms with E-state index in [0.29, 0.717) is 17.2 Å². The van der Waals surface area contributed by atoms with Gasteiger partial charge in [0.15, 0.2) is 12.3 Å². The van der Waals surface area contributed by atoms with Crippen LogP contribution in [0.25, 0.3) is 0 Å². The maximum Gasteiger partial charge on any atom is 0.277 e. The maximum atomic E-state index is 11.8. The molecule has 0 saturated heterocycles. The molecule has 1 N–H and O–H groups in total. The SMILES string of the molecule is Cc1cc(C(=O)Nc2ccc(OCC#N)cc2)no1. The molecule has 0 saturated carbocycles. The summed E-state index contributed by atoms with van der Waals surface area (Å²) in [5, 5.41) is 14.7. The van der Waals surface area contributed by atoms with E-state index in [0.717, 1.165) is 0 Å². The largest absolute Gasteiger partial charge is 0.479 e. The van der Waals surface area contributed by atoms with Crippen molar-refractivity contribution in [1.82, 2.24) is 5.16 Å². The number of carbonyl (C=O) groups excluding carboxylic acids is 1. The number of anilines is 1. The molecule has 96 valence electrons. The number of rotatable bonds is 4. The monoisotopic (exact) mass is 257 g/mol. The number of nitrogens with zero attached hydrogens (tertiary/aromatic N) is 2. The minimum atomic E-state index is -0.345. The summed E-state index contributed by atoms with van der Waals surface area (Å²) in [5.41, 5.74) is 0.831. The number of carbonyl (C=O) groups is 1. The van der Waals surface area contributed by atoms with E-state index in [4.69, 9.17) is 14.5 Å². The highest BCUT2D eigenvalue weighted by Gasteiger charge is 2.10. The van der Waals surface area contributed by atoms with Crippen LogP contribution in [-0.4, -0.2) is 17.7 Å². The van der Waals surface area contributed by atoms with Crippen LogP contribution in [0, 0.1) is 18.3 Å². The number of nitrogens with one attached hydrogen (secondary N) is 1. The van der Waals surface area contributed by atoms with Crippen LogP contribution < -0.4 is 10.1 Å². The smallest absolute Gasteiger partial charge is 0.277 e. The van der Waals surface area contributed by atoms with Crippen LogP contribution in [-0.2, 0) is 0 Å². The van der Waals surface area contributed by atoms with E-state index in [2.05, 4.69) is 10.5 Å². The first-order chi connectivity index (χ1) is 9.19. The third kappa shape index (κ3) is 3.33. The fourth-order valence-electron chi connectivity index (χ4n) is 1.42. The molecule has 0 unspecified atom stereocenters. The van der Waals surface area contributed by atoms with Gasteiger partial charge in [-0.1, -0.05) is 5.16 Å². The van der Waals surface area contributed by atoms with Gasteiger partial charge in [-0.05, 0) is 31.2 Å². The molecule has 1 aromatic heterocycles. The second kappa shape index (κ2) is 5.69. The molecule has 0 radical (unpaired) electrons. The Morgan fingerprint density at radius 2 is 2.21 bits per heavy atom. The summed E-state index contributed by atoms with van der Waals surface area (Å²) >= 11 is 0. The van der Waals surface area contributed by atoms with Crippen LogP contribution in [0.5, 0.6) is 5.75 Å². The van der Waals surface area contributed by atoms with Crippen LogP contribution >= 0.6 is 0 Å². The van der Waals surface area contributed by atoms with Crippen molar-refractivity contribution in [2.24, 2.45) is 0 Å². The number of benzene rings is 1. The first-order valence-electron chi connectivity index (χ1n) is 5.53. The normalized spacial score (nSPS) is 9.68. The van der Waals surface area contributed by atoms with Crippen LogP contribution in [0.1, 0.15) is 16.2 Å². The second-order valence-electron chi connectivity index (χ2n) is 3.75. The highest BCUT2D eigenvalue weighted by molar-refractivity contribution is 6.02. The molecule has 0 bridgehead atoms. The number of hydrogen-bond acceptors (Lipinski definition) is 5. The number of aryl methyl sites for hydroxylation is 1. The van der Waals surface area contributed by atoms with Crippen LogP contribution in [0.15, 0.2) is 34.9 Å². The number of amides is 1. The van der Waals surface area contributed by atoms with Crippen molar-refractivity contribution < 1.29 is 14.1 Å². The molecule has 0 fully saturated rings. The number of hydrogen-bond donors (Lipinski definition) is 1. The zero-order valence-electron chi connectivity index (χ0n) is 10.2. The Kier molecular flexibility index (Phi) is 3.78. The first-order valence-corrected chi connectivity index (χ1v) is 5.53. The Bertz CT molecular complexity index is 611. The lowest BCUT2D eigenvalue weighted by Gasteiger charge is -2.04. The van der Waals surface area contributed by atoms with E-state index >= 15 is 0 Å². The van der Waals surface area contributed by atoms with Gasteiger partial charge in [-0.2, -0.15) is 5.26 Å². The van der Waals surface area contributed by atoms with Crippen molar-refractivity contribution in [1.29, 1.82) is 5.26 Å². The van der Waals surface area contributed by atoms with Gasteiger partial charge in [0.05, 0.1) is 0 Å². The fraction of sp³-hybridized carbons (Fsp3) is 0.154. The van der Waals surface area contributed by atoms with E-state index in [-0.39, 0.29) is 18.2 Å². The zero-order valence-corrected chi connectivity index (χ0v) is 10.2. The van der Waals surface area contributed by atoms with Gasteiger partial charge in [-0.3, -0.25) is 4.79 Å². The number of ether oxygens (including phenoxy) is 1. The summed E-state index contributed by atoms with van der Waals surface area (Å²) < 4.78 is 9.93. The molecular weight excluding hydrogens is 246 g/mol. The molecular formula is C13H11N3O3. The van der Waals surface area contributed by atoms with E-state index in [9.17, 15) is 4.79 Å². The molecule has 0 aliphatic carbocycles. The van der Waals surface area contributed by atoms with E-state index in [1.807, 2.05) is 6.07 Å². The van der Waals surface area contributed by atoms with E-state index in [1.54, 1.807) is 37.3 Å². The van der Waals surface area contributed by atoms with Gasteiger partial charge in [0.2, 0.25) is 0 Å². The van der Waals surface area contributed by atoms with Crippen molar-refractivity contribution in [3.63, 3.8) is 0 Å². The molecule has 0 aliphatic rings. The van der Waals surface area contributed by atoms with Crippen LogP contribution in [0.2, 0.25) is 0 Å². The highest BCUT2D eigenvalue weighted by atomic mass is 16.5. The minimum Gasteiger partial charge on any atom is -0.479 e. The van der Waals surface area contributed by atoms with Crippen molar-refractivity contribution in [3.8, 4) is 11.8 Å². The fourth-order valence-corrected chi connectivity index (χ4v) is 1.42. The molecule has 1 heterocycles. The summed E-state index contributed by atoms with van der Waals surface area (Å²) in [4.78, 5) is 11.8. The summed E-state index contributed by atoms with van der Waals surface area (Å²) in [5.74, 6) is 0.796. The first kappa shape index (κ1) is 12.6. The highest BCUT2D eigenvalue weighted by Crippen LogP contribution is 2.16. The molecule has 0 spiro atoms. The van der Waals surface area contributed by atoms with Gasteiger partial charge >= 0.3 is 0 Å². The molecule has 6 heteroatoms. The lowest BCUT2D eigenvalue weighted by molar-refractivity contribution is 0.101. The molecule has 0 aliphatic heterocycles. The second-order valence-corrected chi connectivity index (χ2v) is 3.75. The van der Waals surface area contributed by atoms with Gasteiger partial charge in [-0.15, -0.1) is 0 Å². The van der Waals surface area contributed by atoms with Crippen LogP contribution in [0.3, 0.4) is 0 Å². The predicted octanol–water partition coefficient (Wildman–Crippen LogP) is 2.14. The van der Waals surface area contributed by atoms with Crippen molar-refractivity contribution in [2.45, 2.75) is 6.92 Å². The van der Waals surface area contributed by atoms with Gasteiger partial charge in [0.1, 0.15) is 17.6 Å². The molecule has 1 amide bonds. The topological polar surface area (TPSA) is 88.1 Å². The lowest BCUT2D eigenvalue weighted by atomic mass is 10.3. The molecule has 2 aromatic rings. The Labute approximate surface area is 109 Å². The Balaban J connectivity index is 2.00. The quantitative estimate of drug-likeness (QED) is 0.906. The zero-order chi connectivity index (χ0) is 13.7. The minimum absolute atomic E-state index is 0.01000. The van der Waals surface area contributed by atoms with E-state index in [1.165, 1.54) is 0 Å². The van der Waals surface area contributed by atoms with Gasteiger partial charge in [0.25, 0.3) is 5.91 Å². The Morgan fingerprint density at radius 1 is 1.47 bits per heavy atom. The third-order valence-corrected chi connectivity index (χ3v) is 2.28. The summed E-state index contributed by atoms with van der Waals surface area (Å²) in [6.07, 6.45) is 0. The van der Waals surface area contributed by atoms with Crippen molar-refractivity contribution in [2.75, 3.05) is 11.9 Å². The number of aromatic nitrogens is 1. The summed E-state index contributed by atoms with van der Waals surface area (Å²) in [6, 6.07) is 10.1. The lowest BCUT2D eigenvalue weighted by Crippen LogP contribution is -2.12. The van der Waals surface area contributed by atoms with Gasteiger partial charge in [0, 0.05) is 11.8 Å². The average Bonchev–Trinajstić information content (AvgIpc) is 2.85. The summed E-state index contributed by atoms with van der Waals surface area (Å²) in [7, 11) is 0. The Hall–Kier alpha value is -2.81. The number of nitriles is 1. The van der Waals surface area contributed by atoms with E-state index < -0.39 is 0 Å². The summed E-state index contributed by atoms with van der Waals surface area (Å²) in [6.45, 7) is 1.70. The standard InChI is InChI=1S/C13H11N3O3/c1-9-8-12(16-19-9)13(17)15-10-2-4-11(5-3-10)18-7-6-14/h2-5,8H,7H2,1H3,(H,15,17). The third-order valence-electron chi connectivity index (χ3n) is 2.28. The van der Waals surface area contributed by atoms with Crippen molar-refractivity contribution >= 4 is 11.6 Å². The molecule has 6 nitrogen and oxygen atoms in total. The maximum absolute atomic E-state index is 11.8. The average molecular weight is 257 g/mol. The van der Waals surface area contributed by atoms with Crippen molar-refractivity contribution in [3.05, 3.63) is 41.8 Å². The van der Waals surface area contributed by atoms with Gasteiger partial charge in [-0.25, -0.2) is 0 Å². The predicted molar refractivity (Wildman–Crippen MR) is 66.7 cm³/mol. The van der Waals surface area contributed by atoms with Gasteiger partial charge < -0.3 is 14.6 Å².